The van der Waals surface area contributed by atoms with Crippen molar-refractivity contribution in [3.63, 3.8) is 0 Å². The Hall–Kier alpha value is -1.21. The predicted octanol–water partition coefficient (Wildman–Crippen LogP) is 4.44. The van der Waals surface area contributed by atoms with Gasteiger partial charge in [0.1, 0.15) is 5.76 Å². The van der Waals surface area contributed by atoms with Gasteiger partial charge in [-0.2, -0.15) is 0 Å². The lowest BCUT2D eigenvalue weighted by molar-refractivity contribution is -0.870. The smallest absolute Gasteiger partial charge is 0.263 e. The largest absolute Gasteiger partial charge is 0.439 e. The van der Waals surface area contributed by atoms with E-state index in [-0.39, 0.29) is 23.2 Å². The molecule has 0 radical (unpaired) electrons. The van der Waals surface area contributed by atoms with E-state index in [1.807, 2.05) is 0 Å². The Bertz CT molecular complexity index is 690. The molecule has 6 nitrogen and oxygen atoms in total. The van der Waals surface area contributed by atoms with Gasteiger partial charge < -0.3 is 8.90 Å². The van der Waals surface area contributed by atoms with Gasteiger partial charge in [0.2, 0.25) is 5.78 Å². The molecule has 0 aliphatic heterocycles. The van der Waals surface area contributed by atoms with E-state index >= 15 is 0 Å². The maximum atomic E-state index is 12.1. The normalized spacial score (nSPS) is 12.4. The number of quaternary nitrogens is 1. The van der Waals surface area contributed by atoms with Gasteiger partial charge in [0.15, 0.2) is 9.84 Å². The third-order valence-electron chi connectivity index (χ3n) is 4.96. The van der Waals surface area contributed by atoms with Crippen molar-refractivity contribution in [2.24, 2.45) is 0 Å². The fourth-order valence-electron chi connectivity index (χ4n) is 3.21. The van der Waals surface area contributed by atoms with E-state index in [0.29, 0.717) is 31.4 Å². The van der Waals surface area contributed by atoms with E-state index in [1.165, 1.54) is 19.3 Å². The minimum absolute atomic E-state index is 0.0206. The number of ketones is 1. The number of sulfone groups is 1. The lowest BCUT2D eigenvalue weighted by atomic mass is 10.1. The Morgan fingerprint density at radius 2 is 1.62 bits per heavy atom. The number of hydrogen-bond acceptors (Lipinski definition) is 5. The Labute approximate surface area is 177 Å². The molecule has 1 aromatic rings. The topological polar surface area (TPSA) is 77.2 Å². The Kier molecular flexibility index (Phi) is 11.7. The first-order valence-electron chi connectivity index (χ1n) is 11.1. The third kappa shape index (κ3) is 12.9. The van der Waals surface area contributed by atoms with Crippen LogP contribution in [0.3, 0.4) is 0 Å². The van der Waals surface area contributed by atoms with Gasteiger partial charge in [0, 0.05) is 19.3 Å². The molecule has 0 aromatic carbocycles. The monoisotopic (exact) mass is 429 g/mol. The molecule has 0 aliphatic carbocycles. The van der Waals surface area contributed by atoms with Gasteiger partial charge in [-0.05, 0) is 19.3 Å². The Balaban J connectivity index is 2.19. The molecule has 1 heterocycles. The number of aromatic nitrogens is 1. The van der Waals surface area contributed by atoms with Crippen molar-refractivity contribution >= 4 is 15.6 Å². The number of carbonyl (C=O) groups is 1. The van der Waals surface area contributed by atoms with Crippen LogP contribution in [0.15, 0.2) is 10.6 Å². The molecule has 1 rings (SSSR count). The summed E-state index contributed by atoms with van der Waals surface area (Å²) in [6.45, 7) is 3.04. The van der Waals surface area contributed by atoms with Crippen molar-refractivity contribution in [1.82, 2.24) is 4.98 Å². The first kappa shape index (κ1) is 25.8. The maximum Gasteiger partial charge on any atom is 0.263 e. The fourth-order valence-corrected chi connectivity index (χ4v) is 4.62. The van der Waals surface area contributed by atoms with Crippen molar-refractivity contribution in [3.8, 4) is 0 Å². The van der Waals surface area contributed by atoms with Crippen LogP contribution in [0.5, 0.6) is 0 Å². The van der Waals surface area contributed by atoms with Crippen molar-refractivity contribution < 1.29 is 22.1 Å². The van der Waals surface area contributed by atoms with Crippen LogP contribution in [0.1, 0.15) is 87.6 Å². The minimum Gasteiger partial charge on any atom is -0.439 e. The first-order chi connectivity index (χ1) is 13.6. The lowest BCUT2D eigenvalue weighted by Crippen LogP contribution is -2.36. The van der Waals surface area contributed by atoms with Crippen LogP contribution < -0.4 is 0 Å². The number of hydrogen-bond donors (Lipinski definition) is 0. The van der Waals surface area contributed by atoms with Crippen LogP contribution in [0, 0.1) is 0 Å². The molecule has 0 amide bonds. The summed E-state index contributed by atoms with van der Waals surface area (Å²) in [5.41, 5.74) is 0. The van der Waals surface area contributed by atoms with Crippen LogP contribution in [0.25, 0.3) is 0 Å². The summed E-state index contributed by atoms with van der Waals surface area (Å²) >= 11 is 0. The van der Waals surface area contributed by atoms with Gasteiger partial charge in [0.05, 0.1) is 45.4 Å². The molecule has 7 heteroatoms. The molecule has 0 saturated carbocycles. The van der Waals surface area contributed by atoms with Gasteiger partial charge in [-0.25, -0.2) is 13.4 Å². The number of oxazole rings is 1. The van der Waals surface area contributed by atoms with Gasteiger partial charge in [-0.3, -0.25) is 4.79 Å². The maximum absolute atomic E-state index is 12.1. The summed E-state index contributed by atoms with van der Waals surface area (Å²) in [6, 6.07) is 0. The van der Waals surface area contributed by atoms with Gasteiger partial charge in [-0.15, -0.1) is 0 Å². The molecule has 0 bridgehead atoms. The standard InChI is InChI=1S/C22H41N2O4S/c1-5-6-7-8-11-15-21(25)22-23-19-20(28-22)14-10-9-12-17-29(26,27)18-13-16-24(2,3)4/h19H,5-18H2,1-4H3/q+1. The van der Waals surface area contributed by atoms with Crippen molar-refractivity contribution in [3.05, 3.63) is 17.8 Å². The second kappa shape index (κ2) is 13.2. The minimum atomic E-state index is -2.96. The summed E-state index contributed by atoms with van der Waals surface area (Å²) < 4.78 is 30.6. The van der Waals surface area contributed by atoms with E-state index in [1.54, 1.807) is 6.20 Å². The number of rotatable bonds is 17. The summed E-state index contributed by atoms with van der Waals surface area (Å²) in [6.07, 6.45) is 11.4. The molecule has 168 valence electrons. The second-order valence-electron chi connectivity index (χ2n) is 9.05. The van der Waals surface area contributed by atoms with Gasteiger partial charge in [-0.1, -0.05) is 39.0 Å². The SMILES string of the molecule is CCCCCCCC(=O)c1ncc(CCCCCS(=O)(=O)CCC[N+](C)(C)C)o1. The number of carbonyl (C=O) groups excluding carboxylic acids is 1. The second-order valence-corrected chi connectivity index (χ2v) is 11.4. The molecular weight excluding hydrogens is 388 g/mol. The number of nitrogens with zero attached hydrogens (tertiary/aromatic N) is 2. The average Bonchev–Trinajstić information content (AvgIpc) is 3.08. The van der Waals surface area contributed by atoms with E-state index in [4.69, 9.17) is 4.42 Å². The highest BCUT2D eigenvalue weighted by atomic mass is 32.2. The fraction of sp³-hybridized carbons (Fsp3) is 0.818. The molecule has 0 aliphatic rings. The summed E-state index contributed by atoms with van der Waals surface area (Å²) in [5.74, 6) is 1.44. The summed E-state index contributed by atoms with van der Waals surface area (Å²) in [7, 11) is 3.25. The molecule has 0 fully saturated rings. The van der Waals surface area contributed by atoms with Crippen molar-refractivity contribution in [2.45, 2.75) is 77.6 Å². The van der Waals surface area contributed by atoms with Gasteiger partial charge >= 0.3 is 0 Å². The van der Waals surface area contributed by atoms with Crippen LogP contribution in [-0.4, -0.2) is 62.9 Å². The van der Waals surface area contributed by atoms with Crippen molar-refractivity contribution in [2.75, 3.05) is 39.2 Å². The zero-order valence-corrected chi connectivity index (χ0v) is 19.7. The molecule has 0 saturated heterocycles. The zero-order chi connectivity index (χ0) is 21.8. The number of unbranched alkanes of at least 4 members (excludes halogenated alkanes) is 6. The van der Waals surface area contributed by atoms with E-state index in [0.717, 1.165) is 36.7 Å². The predicted molar refractivity (Wildman–Crippen MR) is 118 cm³/mol. The Morgan fingerprint density at radius 1 is 0.966 bits per heavy atom. The van der Waals surface area contributed by atoms with Crippen LogP contribution in [-0.2, 0) is 16.3 Å². The molecule has 0 unspecified atom stereocenters. The average molecular weight is 430 g/mol. The van der Waals surface area contributed by atoms with Crippen LogP contribution in [0.2, 0.25) is 0 Å². The molecule has 0 atom stereocenters. The molecule has 0 N–H and O–H groups in total. The molecular formula is C22H41N2O4S+. The number of aryl methyl sites for hydroxylation is 1. The first-order valence-corrected chi connectivity index (χ1v) is 12.9. The Morgan fingerprint density at radius 3 is 2.31 bits per heavy atom. The number of Topliss-reactive ketones (excluding diaryl/α,β-unsaturated/α-hetero) is 1. The van der Waals surface area contributed by atoms with E-state index < -0.39 is 9.84 Å². The summed E-state index contributed by atoms with van der Waals surface area (Å²) in [4.78, 5) is 16.2. The molecule has 0 spiro atoms. The molecule has 29 heavy (non-hydrogen) atoms. The molecule has 1 aromatic heterocycles. The quantitative estimate of drug-likeness (QED) is 0.208. The lowest BCUT2D eigenvalue weighted by Gasteiger charge is -2.23. The highest BCUT2D eigenvalue weighted by Crippen LogP contribution is 2.13. The van der Waals surface area contributed by atoms with Gasteiger partial charge in [0.25, 0.3) is 5.89 Å². The van der Waals surface area contributed by atoms with Crippen LogP contribution >= 0.6 is 0 Å². The van der Waals surface area contributed by atoms with E-state index in [9.17, 15) is 13.2 Å². The third-order valence-corrected chi connectivity index (χ3v) is 6.78. The van der Waals surface area contributed by atoms with Crippen molar-refractivity contribution in [1.29, 1.82) is 0 Å². The highest BCUT2D eigenvalue weighted by molar-refractivity contribution is 7.91. The van der Waals surface area contributed by atoms with Crippen LogP contribution in [0.4, 0.5) is 0 Å². The zero-order valence-electron chi connectivity index (χ0n) is 18.9. The highest BCUT2D eigenvalue weighted by Gasteiger charge is 2.15. The van der Waals surface area contributed by atoms with E-state index in [2.05, 4.69) is 33.1 Å². The summed E-state index contributed by atoms with van der Waals surface area (Å²) in [5, 5.41) is 0.